The lowest BCUT2D eigenvalue weighted by molar-refractivity contribution is 0.648. The van der Waals surface area contributed by atoms with E-state index in [0.717, 1.165) is 18.7 Å². The Balaban J connectivity index is 2.42. The third-order valence-electron chi connectivity index (χ3n) is 3.17. The molecule has 3 nitrogen and oxygen atoms in total. The second-order valence-electron chi connectivity index (χ2n) is 4.63. The molecule has 1 saturated carbocycles. The molecule has 1 heterocycles. The molecule has 1 aliphatic rings. The minimum atomic E-state index is 0.00613. The highest BCUT2D eigenvalue weighted by Gasteiger charge is 2.29. The normalized spacial score (nSPS) is 17.1. The molecule has 1 fully saturated rings. The van der Waals surface area contributed by atoms with Gasteiger partial charge in [-0.15, -0.1) is 0 Å². The zero-order valence-corrected chi connectivity index (χ0v) is 12.8. The Hall–Kier alpha value is -0.620. The first-order chi connectivity index (χ1) is 8.59. The quantitative estimate of drug-likeness (QED) is 0.590. The van der Waals surface area contributed by atoms with Crippen molar-refractivity contribution in [2.24, 2.45) is 0 Å². The Bertz CT molecular complexity index is 676. The van der Waals surface area contributed by atoms with Crippen LogP contribution in [0.1, 0.15) is 35.6 Å². The van der Waals surface area contributed by atoms with Crippen molar-refractivity contribution in [3.8, 4) is 0 Å². The Kier molecular flexibility index (Phi) is 3.10. The minimum Gasteiger partial charge on any atom is -0.292 e. The molecule has 2 aromatic rings. The number of rotatable bonds is 2. The maximum absolute atomic E-state index is 12.6. The Labute approximate surface area is 123 Å². The lowest BCUT2D eigenvalue weighted by atomic mass is 10.2. The second kappa shape index (κ2) is 4.49. The van der Waals surface area contributed by atoms with E-state index in [1.165, 1.54) is 0 Å². The summed E-state index contributed by atoms with van der Waals surface area (Å²) in [5.74, 6) is 0.859. The fourth-order valence-corrected chi connectivity index (χ4v) is 2.88. The van der Waals surface area contributed by atoms with Gasteiger partial charge in [-0.3, -0.25) is 9.36 Å². The second-order valence-corrected chi connectivity index (χ2v) is 6.90. The molecule has 0 radical (unpaired) electrons. The molecule has 1 aliphatic carbocycles. The molecule has 0 spiro atoms. The van der Waals surface area contributed by atoms with Gasteiger partial charge in [-0.1, -0.05) is 40.3 Å². The van der Waals surface area contributed by atoms with Gasteiger partial charge in [0.05, 0.1) is 19.9 Å². The molecule has 0 aliphatic heterocycles. The van der Waals surface area contributed by atoms with Crippen molar-refractivity contribution < 1.29 is 0 Å². The monoisotopic (exact) mass is 374 g/mol. The number of alkyl halides is 1. The van der Waals surface area contributed by atoms with Crippen LogP contribution in [-0.2, 0) is 0 Å². The zero-order valence-electron chi connectivity index (χ0n) is 9.86. The molecular weight excluding hydrogens is 363 g/mol. The smallest absolute Gasteiger partial charge is 0.263 e. The van der Waals surface area contributed by atoms with E-state index in [-0.39, 0.29) is 9.48 Å². The maximum Gasteiger partial charge on any atom is 0.263 e. The first-order valence-electron chi connectivity index (χ1n) is 5.94. The van der Waals surface area contributed by atoms with Gasteiger partial charge >= 0.3 is 0 Å². The predicted molar refractivity (Wildman–Crippen MR) is 81.7 cm³/mol. The number of benzene rings is 1. The lowest BCUT2D eigenvalue weighted by Crippen LogP contribution is -2.25. The van der Waals surface area contributed by atoms with Gasteiger partial charge in [0.2, 0.25) is 0 Å². The van der Waals surface area contributed by atoms with Crippen LogP contribution in [0.5, 0.6) is 0 Å². The van der Waals surface area contributed by atoms with Crippen LogP contribution >= 0.6 is 34.2 Å². The molecule has 0 N–H and O–H groups in total. The number of halogens is 2. The zero-order chi connectivity index (χ0) is 12.9. The van der Waals surface area contributed by atoms with Gasteiger partial charge in [-0.05, 0) is 31.9 Å². The number of fused-ring (bicyclic) bond motifs is 1. The third-order valence-corrected chi connectivity index (χ3v) is 4.05. The molecule has 18 heavy (non-hydrogen) atoms. The number of aromatic nitrogens is 2. The minimum absolute atomic E-state index is 0.00613. The van der Waals surface area contributed by atoms with E-state index in [0.29, 0.717) is 22.0 Å². The van der Waals surface area contributed by atoms with E-state index in [1.54, 1.807) is 6.07 Å². The largest absolute Gasteiger partial charge is 0.292 e. The van der Waals surface area contributed by atoms with E-state index >= 15 is 0 Å². The maximum atomic E-state index is 12.6. The van der Waals surface area contributed by atoms with E-state index in [4.69, 9.17) is 11.6 Å². The van der Waals surface area contributed by atoms with E-state index in [9.17, 15) is 4.79 Å². The molecular formula is C13H12ClIN2O. The van der Waals surface area contributed by atoms with E-state index in [1.807, 2.05) is 16.7 Å². The van der Waals surface area contributed by atoms with Gasteiger partial charge in [-0.2, -0.15) is 0 Å². The molecule has 94 valence electrons. The van der Waals surface area contributed by atoms with Crippen molar-refractivity contribution in [3.63, 3.8) is 0 Å². The van der Waals surface area contributed by atoms with Crippen LogP contribution in [0.4, 0.5) is 0 Å². The summed E-state index contributed by atoms with van der Waals surface area (Å²) in [6.45, 7) is 2.05. The average Bonchev–Trinajstić information content (AvgIpc) is 3.12. The molecule has 0 saturated heterocycles. The molecule has 3 rings (SSSR count). The van der Waals surface area contributed by atoms with Crippen LogP contribution in [0.25, 0.3) is 10.9 Å². The first kappa shape index (κ1) is 12.4. The highest BCUT2D eigenvalue weighted by Crippen LogP contribution is 2.37. The van der Waals surface area contributed by atoms with Crippen molar-refractivity contribution in [1.82, 2.24) is 9.55 Å². The Morgan fingerprint density at radius 3 is 2.83 bits per heavy atom. The molecule has 0 amide bonds. The van der Waals surface area contributed by atoms with Gasteiger partial charge in [-0.25, -0.2) is 4.98 Å². The van der Waals surface area contributed by atoms with Crippen molar-refractivity contribution in [3.05, 3.63) is 39.4 Å². The summed E-state index contributed by atoms with van der Waals surface area (Å²) in [7, 11) is 0. The SMILES string of the molecule is C[C@@H](I)c1nc2cccc(Cl)c2c(=O)n1C1CC1. The van der Waals surface area contributed by atoms with Gasteiger partial charge in [0, 0.05) is 6.04 Å². The summed E-state index contributed by atoms with van der Waals surface area (Å²) >= 11 is 8.43. The fraction of sp³-hybridized carbons (Fsp3) is 0.385. The van der Waals surface area contributed by atoms with Crippen LogP contribution in [0.15, 0.2) is 23.0 Å². The van der Waals surface area contributed by atoms with Crippen molar-refractivity contribution in [2.75, 3.05) is 0 Å². The fourth-order valence-electron chi connectivity index (χ4n) is 2.19. The molecule has 1 aromatic heterocycles. The van der Waals surface area contributed by atoms with E-state index in [2.05, 4.69) is 34.5 Å². The van der Waals surface area contributed by atoms with Crippen molar-refractivity contribution >= 4 is 45.1 Å². The number of hydrogen-bond acceptors (Lipinski definition) is 2. The third kappa shape index (κ3) is 1.95. The molecule has 1 aromatic carbocycles. The summed E-state index contributed by atoms with van der Waals surface area (Å²) in [5.41, 5.74) is 0.703. The van der Waals surface area contributed by atoms with E-state index < -0.39 is 0 Å². The predicted octanol–water partition coefficient (Wildman–Crippen LogP) is 3.88. The summed E-state index contributed by atoms with van der Waals surface area (Å²) in [4.78, 5) is 17.2. The Morgan fingerprint density at radius 1 is 1.50 bits per heavy atom. The molecule has 0 unspecified atom stereocenters. The highest BCUT2D eigenvalue weighted by atomic mass is 127. The summed E-state index contributed by atoms with van der Waals surface area (Å²) in [6, 6.07) is 5.75. The van der Waals surface area contributed by atoms with Crippen LogP contribution in [0.3, 0.4) is 0 Å². The van der Waals surface area contributed by atoms with Crippen LogP contribution in [-0.4, -0.2) is 9.55 Å². The standard InChI is InChI=1S/C13H12ClIN2O/c1-7(15)12-16-10-4-2-3-9(14)11(10)13(18)17(12)8-5-6-8/h2-4,7-8H,5-6H2,1H3/t7-/m1/s1. The van der Waals surface area contributed by atoms with Gasteiger partial charge < -0.3 is 0 Å². The number of hydrogen-bond donors (Lipinski definition) is 0. The highest BCUT2D eigenvalue weighted by molar-refractivity contribution is 14.1. The van der Waals surface area contributed by atoms with Crippen LogP contribution < -0.4 is 5.56 Å². The first-order valence-corrected chi connectivity index (χ1v) is 7.56. The average molecular weight is 375 g/mol. The number of nitrogens with zero attached hydrogens (tertiary/aromatic N) is 2. The van der Waals surface area contributed by atoms with Gasteiger partial charge in [0.1, 0.15) is 5.82 Å². The Morgan fingerprint density at radius 2 is 2.22 bits per heavy atom. The van der Waals surface area contributed by atoms with Gasteiger partial charge in [0.25, 0.3) is 5.56 Å². The molecule has 5 heteroatoms. The van der Waals surface area contributed by atoms with Crippen LogP contribution in [0.2, 0.25) is 5.02 Å². The lowest BCUT2D eigenvalue weighted by Gasteiger charge is -2.14. The molecule has 1 atom stereocenters. The van der Waals surface area contributed by atoms with Crippen molar-refractivity contribution in [2.45, 2.75) is 29.7 Å². The summed E-state index contributed by atoms with van der Waals surface area (Å²) < 4.78 is 2.05. The van der Waals surface area contributed by atoms with Crippen molar-refractivity contribution in [1.29, 1.82) is 0 Å². The topological polar surface area (TPSA) is 34.9 Å². The molecule has 0 bridgehead atoms. The summed E-state index contributed by atoms with van der Waals surface area (Å²) in [6.07, 6.45) is 2.13. The van der Waals surface area contributed by atoms with Gasteiger partial charge in [0.15, 0.2) is 0 Å². The summed E-state index contributed by atoms with van der Waals surface area (Å²) in [5, 5.41) is 1.04. The van der Waals surface area contributed by atoms with Crippen LogP contribution in [0, 0.1) is 0 Å².